The fraction of sp³-hybridized carbons (Fsp3) is 0.286. The lowest BCUT2D eigenvalue weighted by molar-refractivity contribution is 0.0474. The smallest absolute Gasteiger partial charge is 0.338 e. The van der Waals surface area contributed by atoms with E-state index in [9.17, 15) is 18.0 Å². The predicted octanol–water partition coefficient (Wildman–Crippen LogP) is 2.68. The normalized spacial score (nSPS) is 11.5. The maximum atomic E-state index is 12.6. The minimum atomic E-state index is -3.23. The van der Waals surface area contributed by atoms with Crippen LogP contribution in [0.2, 0.25) is 0 Å². The highest BCUT2D eigenvalue weighted by Gasteiger charge is 2.19. The number of hydrogen-bond acceptors (Lipinski definition) is 7. The first-order valence-corrected chi connectivity index (χ1v) is 12.3. The third-order valence-electron chi connectivity index (χ3n) is 4.64. The molecule has 0 aliphatic carbocycles. The van der Waals surface area contributed by atoms with Gasteiger partial charge in [-0.15, -0.1) is 11.3 Å². The quantitative estimate of drug-likeness (QED) is 0.388. The molecule has 0 aliphatic heterocycles. The molecule has 0 saturated carbocycles. The molecule has 3 rings (SSSR count). The third kappa shape index (κ3) is 5.87. The van der Waals surface area contributed by atoms with Crippen LogP contribution >= 0.6 is 11.3 Å². The van der Waals surface area contributed by atoms with E-state index in [1.165, 1.54) is 11.3 Å². The maximum Gasteiger partial charge on any atom is 0.338 e. The molecule has 3 aromatic rings. The number of rotatable bonds is 9. The lowest BCUT2D eigenvalue weighted by Crippen LogP contribution is -2.24. The van der Waals surface area contributed by atoms with E-state index in [1.807, 2.05) is 23.8 Å². The van der Waals surface area contributed by atoms with Gasteiger partial charge < -0.3 is 4.74 Å². The van der Waals surface area contributed by atoms with Crippen molar-refractivity contribution in [3.05, 3.63) is 70.0 Å². The number of sulfonamides is 1. The molecule has 0 aliphatic rings. The molecule has 0 amide bonds. The van der Waals surface area contributed by atoms with Crippen molar-refractivity contribution in [2.45, 2.75) is 20.3 Å². The summed E-state index contributed by atoms with van der Waals surface area (Å²) in [5.41, 5.74) is 3.32. The largest absolute Gasteiger partial charge is 0.454 e. The van der Waals surface area contributed by atoms with Gasteiger partial charge in [0.2, 0.25) is 15.8 Å². The van der Waals surface area contributed by atoms with Gasteiger partial charge in [-0.1, -0.05) is 12.1 Å². The lowest BCUT2D eigenvalue weighted by atomic mass is 10.1. The molecule has 0 bridgehead atoms. The van der Waals surface area contributed by atoms with Crippen molar-refractivity contribution in [3.8, 4) is 5.13 Å². The number of ether oxygens (including phenoxy) is 1. The van der Waals surface area contributed by atoms with Crippen LogP contribution in [0.5, 0.6) is 0 Å². The Morgan fingerprint density at radius 2 is 1.90 bits per heavy atom. The molecular formula is C21H23N3O5S2. The zero-order chi connectivity index (χ0) is 22.6. The topological polar surface area (TPSA) is 107 Å². The number of nitrogens with one attached hydrogen (secondary N) is 1. The van der Waals surface area contributed by atoms with Crippen molar-refractivity contribution in [1.29, 1.82) is 0 Å². The van der Waals surface area contributed by atoms with Gasteiger partial charge in [-0.2, -0.15) is 0 Å². The standard InChI is InChI=1S/C21H23N3O5S2/c1-14-12-18(15(2)24(14)21-22-10-11-30-21)19(25)13-29-20(26)17-6-4-16(5-7-17)8-9-23-31(3,27)28/h4-7,10-12,23H,8-9,13H2,1-3H3. The van der Waals surface area contributed by atoms with Crippen LogP contribution in [0.25, 0.3) is 5.13 Å². The summed E-state index contributed by atoms with van der Waals surface area (Å²) in [6.07, 6.45) is 3.30. The maximum absolute atomic E-state index is 12.6. The lowest BCUT2D eigenvalue weighted by Gasteiger charge is -2.07. The summed E-state index contributed by atoms with van der Waals surface area (Å²) in [6, 6.07) is 8.41. The van der Waals surface area contributed by atoms with Crippen molar-refractivity contribution in [3.63, 3.8) is 0 Å². The molecule has 0 saturated heterocycles. The number of carbonyl (C=O) groups is 2. The molecule has 0 unspecified atom stereocenters. The zero-order valence-electron chi connectivity index (χ0n) is 17.4. The van der Waals surface area contributed by atoms with Gasteiger partial charge in [0.05, 0.1) is 11.8 Å². The van der Waals surface area contributed by atoms with E-state index >= 15 is 0 Å². The van der Waals surface area contributed by atoms with Gasteiger partial charge >= 0.3 is 5.97 Å². The van der Waals surface area contributed by atoms with E-state index in [1.54, 1.807) is 36.5 Å². The Bertz CT molecular complexity index is 1180. The van der Waals surface area contributed by atoms with E-state index in [-0.39, 0.29) is 18.9 Å². The molecule has 0 radical (unpaired) electrons. The van der Waals surface area contributed by atoms with Crippen LogP contribution in [0, 0.1) is 13.8 Å². The van der Waals surface area contributed by atoms with Crippen molar-refractivity contribution in [1.82, 2.24) is 14.3 Å². The number of thiazole rings is 1. The molecule has 2 heterocycles. The molecule has 31 heavy (non-hydrogen) atoms. The summed E-state index contributed by atoms with van der Waals surface area (Å²) >= 11 is 1.47. The fourth-order valence-corrected chi connectivity index (χ4v) is 4.37. The molecule has 0 fully saturated rings. The number of aryl methyl sites for hydroxylation is 1. The first kappa shape index (κ1) is 22.9. The van der Waals surface area contributed by atoms with Gasteiger partial charge in [0.25, 0.3) is 0 Å². The average molecular weight is 462 g/mol. The van der Waals surface area contributed by atoms with E-state index in [2.05, 4.69) is 9.71 Å². The van der Waals surface area contributed by atoms with Gasteiger partial charge in [0.1, 0.15) is 0 Å². The molecule has 1 N–H and O–H groups in total. The molecule has 8 nitrogen and oxygen atoms in total. The molecule has 0 atom stereocenters. The van der Waals surface area contributed by atoms with Crippen LogP contribution in [-0.4, -0.2) is 49.1 Å². The summed E-state index contributed by atoms with van der Waals surface area (Å²) < 4.78 is 31.7. The molecule has 1 aromatic carbocycles. The highest BCUT2D eigenvalue weighted by molar-refractivity contribution is 7.88. The van der Waals surface area contributed by atoms with E-state index in [0.29, 0.717) is 17.5 Å². The minimum absolute atomic E-state index is 0.274. The second kappa shape index (κ2) is 9.54. The summed E-state index contributed by atoms with van der Waals surface area (Å²) in [4.78, 5) is 29.2. The summed E-state index contributed by atoms with van der Waals surface area (Å²) in [7, 11) is -3.23. The number of Topliss-reactive ketones (excluding diaryl/α,β-unsaturated/α-hetero) is 1. The third-order valence-corrected chi connectivity index (χ3v) is 6.13. The number of nitrogens with zero attached hydrogens (tertiary/aromatic N) is 2. The Balaban J connectivity index is 1.58. The van der Waals surface area contributed by atoms with E-state index in [0.717, 1.165) is 28.3 Å². The van der Waals surface area contributed by atoms with Gasteiger partial charge in [-0.05, 0) is 44.0 Å². The summed E-state index contributed by atoms with van der Waals surface area (Å²) in [6.45, 7) is 3.64. The van der Waals surface area contributed by atoms with Crippen LogP contribution in [0.3, 0.4) is 0 Å². The second-order valence-corrected chi connectivity index (χ2v) is 9.75. The Labute approximate surface area is 184 Å². The van der Waals surface area contributed by atoms with Gasteiger partial charge in [-0.25, -0.2) is 22.9 Å². The van der Waals surface area contributed by atoms with Crippen molar-refractivity contribution >= 4 is 33.1 Å². The second-order valence-electron chi connectivity index (χ2n) is 7.05. The van der Waals surface area contributed by atoms with Crippen LogP contribution in [0.15, 0.2) is 41.9 Å². The van der Waals surface area contributed by atoms with Gasteiger partial charge in [-0.3, -0.25) is 9.36 Å². The summed E-state index contributed by atoms with van der Waals surface area (Å²) in [5, 5.41) is 2.64. The SMILES string of the molecule is Cc1cc(C(=O)COC(=O)c2ccc(CCNS(C)(=O)=O)cc2)c(C)n1-c1nccs1. The Hall–Kier alpha value is -2.82. The number of carbonyl (C=O) groups excluding carboxylic acids is 2. The zero-order valence-corrected chi connectivity index (χ0v) is 19.0. The van der Waals surface area contributed by atoms with E-state index < -0.39 is 16.0 Å². The number of aromatic nitrogens is 2. The first-order chi connectivity index (χ1) is 14.7. The Morgan fingerprint density at radius 3 is 2.52 bits per heavy atom. The Morgan fingerprint density at radius 1 is 1.19 bits per heavy atom. The number of hydrogen-bond donors (Lipinski definition) is 1. The Kier molecular flexibility index (Phi) is 7.04. The van der Waals surface area contributed by atoms with Crippen LogP contribution < -0.4 is 4.72 Å². The van der Waals surface area contributed by atoms with Crippen molar-refractivity contribution in [2.75, 3.05) is 19.4 Å². The van der Waals surface area contributed by atoms with Crippen LogP contribution in [0.1, 0.15) is 37.7 Å². The fourth-order valence-electron chi connectivity index (χ4n) is 3.15. The van der Waals surface area contributed by atoms with Crippen molar-refractivity contribution < 1.29 is 22.7 Å². The number of benzene rings is 1. The molecule has 164 valence electrons. The van der Waals surface area contributed by atoms with Crippen molar-refractivity contribution in [2.24, 2.45) is 0 Å². The average Bonchev–Trinajstić information content (AvgIpc) is 3.33. The first-order valence-electron chi connectivity index (χ1n) is 9.48. The van der Waals surface area contributed by atoms with Gasteiger partial charge in [0, 0.05) is 35.1 Å². The highest BCUT2D eigenvalue weighted by atomic mass is 32.2. The monoisotopic (exact) mass is 461 g/mol. The highest BCUT2D eigenvalue weighted by Crippen LogP contribution is 2.22. The predicted molar refractivity (Wildman–Crippen MR) is 119 cm³/mol. The van der Waals surface area contributed by atoms with Crippen LogP contribution in [-0.2, 0) is 21.2 Å². The van der Waals surface area contributed by atoms with Gasteiger partial charge in [0.15, 0.2) is 11.7 Å². The molecule has 2 aromatic heterocycles. The number of esters is 1. The molecule has 0 spiro atoms. The van der Waals surface area contributed by atoms with Crippen LogP contribution in [0.4, 0.5) is 0 Å². The van der Waals surface area contributed by atoms with E-state index in [4.69, 9.17) is 4.74 Å². The number of ketones is 1. The molecular weight excluding hydrogens is 438 g/mol. The summed E-state index contributed by atoms with van der Waals surface area (Å²) in [5.74, 6) is -0.879. The minimum Gasteiger partial charge on any atom is -0.454 e. The molecule has 10 heteroatoms.